The van der Waals surface area contributed by atoms with Gasteiger partial charge in [0, 0.05) is 36.3 Å². The number of carbonyl (C=O) groups is 2. The van der Waals surface area contributed by atoms with Crippen molar-refractivity contribution in [1.82, 2.24) is 10.3 Å². The molecule has 23 heavy (non-hydrogen) atoms. The van der Waals surface area contributed by atoms with Gasteiger partial charge in [-0.3, -0.25) is 9.69 Å². The first kappa shape index (κ1) is 15.5. The lowest BCUT2D eigenvalue weighted by molar-refractivity contribution is -0.116. The molecule has 0 radical (unpaired) electrons. The number of aryl methyl sites for hydroxylation is 2. The number of aromatic nitrogens is 1. The summed E-state index contributed by atoms with van der Waals surface area (Å²) in [6.07, 6.45) is 1.02. The molecule has 7 heteroatoms. The average Bonchev–Trinajstić information content (AvgIpc) is 3.14. The topological polar surface area (TPSA) is 74.3 Å². The first-order valence-electron chi connectivity index (χ1n) is 7.48. The van der Waals surface area contributed by atoms with Gasteiger partial charge in [-0.05, 0) is 31.5 Å². The number of hydrogen-bond donors (Lipinski definition) is 2. The number of hydrogen-bond acceptors (Lipinski definition) is 4. The summed E-state index contributed by atoms with van der Waals surface area (Å²) in [4.78, 5) is 29.8. The Morgan fingerprint density at radius 3 is 3.04 bits per heavy atom. The highest BCUT2D eigenvalue weighted by atomic mass is 32.1. The van der Waals surface area contributed by atoms with Gasteiger partial charge in [0.05, 0.1) is 10.7 Å². The number of anilines is 2. The standard InChI is InChI=1S/C16H18N4O2S/c1-11-18-13(10-23-11)5-6-15(21)19-12-3-2-4-14(9-12)20-8-7-17-16(20)22/h2-4,9-10H,5-8H2,1H3,(H,17,22)(H,19,21). The van der Waals surface area contributed by atoms with Gasteiger partial charge in [-0.25, -0.2) is 9.78 Å². The Morgan fingerprint density at radius 2 is 2.35 bits per heavy atom. The van der Waals surface area contributed by atoms with Crippen LogP contribution in [-0.4, -0.2) is 30.0 Å². The van der Waals surface area contributed by atoms with Crippen LogP contribution in [0.2, 0.25) is 0 Å². The van der Waals surface area contributed by atoms with E-state index in [1.165, 1.54) is 0 Å². The molecule has 2 N–H and O–H groups in total. The Hall–Kier alpha value is -2.41. The highest BCUT2D eigenvalue weighted by molar-refractivity contribution is 7.09. The molecular formula is C16H18N4O2S. The Morgan fingerprint density at radius 1 is 1.48 bits per heavy atom. The number of urea groups is 1. The van der Waals surface area contributed by atoms with Gasteiger partial charge in [0.1, 0.15) is 0 Å². The van der Waals surface area contributed by atoms with E-state index in [-0.39, 0.29) is 11.9 Å². The summed E-state index contributed by atoms with van der Waals surface area (Å²) < 4.78 is 0. The van der Waals surface area contributed by atoms with Crippen molar-refractivity contribution < 1.29 is 9.59 Å². The third-order valence-corrected chi connectivity index (χ3v) is 4.40. The van der Waals surface area contributed by atoms with Crippen molar-refractivity contribution in [1.29, 1.82) is 0 Å². The zero-order chi connectivity index (χ0) is 16.2. The third-order valence-electron chi connectivity index (χ3n) is 3.57. The number of nitrogens with one attached hydrogen (secondary N) is 2. The maximum atomic E-state index is 12.1. The lowest BCUT2D eigenvalue weighted by atomic mass is 10.2. The van der Waals surface area contributed by atoms with Crippen molar-refractivity contribution >= 4 is 34.6 Å². The van der Waals surface area contributed by atoms with E-state index < -0.39 is 0 Å². The molecule has 0 unspecified atom stereocenters. The largest absolute Gasteiger partial charge is 0.336 e. The van der Waals surface area contributed by atoms with Crippen LogP contribution >= 0.6 is 11.3 Å². The molecule has 0 spiro atoms. The molecule has 3 rings (SSSR count). The molecule has 1 aromatic carbocycles. The average molecular weight is 330 g/mol. The monoisotopic (exact) mass is 330 g/mol. The molecule has 2 aromatic rings. The summed E-state index contributed by atoms with van der Waals surface area (Å²) in [5.74, 6) is -0.0568. The molecular weight excluding hydrogens is 312 g/mol. The smallest absolute Gasteiger partial charge is 0.321 e. The molecule has 1 saturated heterocycles. The fourth-order valence-electron chi connectivity index (χ4n) is 2.46. The molecule has 1 aromatic heterocycles. The minimum Gasteiger partial charge on any atom is -0.336 e. The molecule has 0 bridgehead atoms. The molecule has 1 fully saturated rings. The van der Waals surface area contributed by atoms with Crippen molar-refractivity contribution in [3.05, 3.63) is 40.3 Å². The Bertz CT molecular complexity index is 728. The second-order valence-electron chi connectivity index (χ2n) is 5.34. The van der Waals surface area contributed by atoms with Gasteiger partial charge in [0.15, 0.2) is 0 Å². The van der Waals surface area contributed by atoms with Crippen LogP contribution in [0, 0.1) is 6.92 Å². The third kappa shape index (κ3) is 3.87. The van der Waals surface area contributed by atoms with Gasteiger partial charge < -0.3 is 10.6 Å². The summed E-state index contributed by atoms with van der Waals surface area (Å²) in [6.45, 7) is 3.23. The number of amides is 3. The molecule has 6 nitrogen and oxygen atoms in total. The molecule has 120 valence electrons. The Labute approximate surface area is 138 Å². The Balaban J connectivity index is 1.59. The number of benzene rings is 1. The van der Waals surface area contributed by atoms with Gasteiger partial charge in [0.25, 0.3) is 0 Å². The predicted molar refractivity (Wildman–Crippen MR) is 91.0 cm³/mol. The van der Waals surface area contributed by atoms with Crippen LogP contribution in [0.3, 0.4) is 0 Å². The van der Waals surface area contributed by atoms with Crippen molar-refractivity contribution in [2.75, 3.05) is 23.3 Å². The summed E-state index contributed by atoms with van der Waals surface area (Å²) in [6, 6.07) is 7.23. The van der Waals surface area contributed by atoms with Crippen molar-refractivity contribution in [3.8, 4) is 0 Å². The molecule has 0 aliphatic carbocycles. The summed E-state index contributed by atoms with van der Waals surface area (Å²) in [5.41, 5.74) is 2.43. The van der Waals surface area contributed by atoms with Crippen LogP contribution < -0.4 is 15.5 Å². The number of thiazole rings is 1. The van der Waals surface area contributed by atoms with E-state index in [2.05, 4.69) is 15.6 Å². The van der Waals surface area contributed by atoms with Gasteiger partial charge in [-0.2, -0.15) is 0 Å². The lowest BCUT2D eigenvalue weighted by Gasteiger charge is -2.15. The van der Waals surface area contributed by atoms with Crippen molar-refractivity contribution in [3.63, 3.8) is 0 Å². The van der Waals surface area contributed by atoms with Gasteiger partial charge >= 0.3 is 6.03 Å². The summed E-state index contributed by atoms with van der Waals surface area (Å²) >= 11 is 1.59. The molecule has 0 saturated carbocycles. The summed E-state index contributed by atoms with van der Waals surface area (Å²) in [7, 11) is 0. The normalized spacial score (nSPS) is 14.0. The lowest BCUT2D eigenvalue weighted by Crippen LogP contribution is -2.27. The second kappa shape index (κ2) is 6.78. The molecule has 1 aliphatic rings. The van der Waals surface area contributed by atoms with Gasteiger partial charge in [-0.15, -0.1) is 11.3 Å². The van der Waals surface area contributed by atoms with Crippen LogP contribution in [0.1, 0.15) is 17.1 Å². The molecule has 1 aliphatic heterocycles. The van der Waals surface area contributed by atoms with E-state index in [9.17, 15) is 9.59 Å². The molecule has 2 heterocycles. The van der Waals surface area contributed by atoms with Gasteiger partial charge in [-0.1, -0.05) is 6.07 Å². The SMILES string of the molecule is Cc1nc(CCC(=O)Nc2cccc(N3CCNC3=O)c2)cs1. The van der Waals surface area contributed by atoms with Crippen LogP contribution in [0.5, 0.6) is 0 Å². The quantitative estimate of drug-likeness (QED) is 0.885. The van der Waals surface area contributed by atoms with E-state index in [4.69, 9.17) is 0 Å². The minimum absolute atomic E-state index is 0.0568. The maximum absolute atomic E-state index is 12.1. The van der Waals surface area contributed by atoms with Gasteiger partial charge in [0.2, 0.25) is 5.91 Å². The number of carbonyl (C=O) groups excluding carboxylic acids is 2. The van der Waals surface area contributed by atoms with Crippen LogP contribution in [0.25, 0.3) is 0 Å². The first-order valence-corrected chi connectivity index (χ1v) is 8.36. The van der Waals surface area contributed by atoms with E-state index >= 15 is 0 Å². The van der Waals surface area contributed by atoms with Crippen LogP contribution in [0.4, 0.5) is 16.2 Å². The minimum atomic E-state index is -0.104. The van der Waals surface area contributed by atoms with E-state index in [0.29, 0.717) is 31.6 Å². The fourth-order valence-corrected chi connectivity index (χ4v) is 3.10. The summed E-state index contributed by atoms with van der Waals surface area (Å²) in [5, 5.41) is 8.63. The second-order valence-corrected chi connectivity index (χ2v) is 6.40. The number of rotatable bonds is 5. The predicted octanol–water partition coefficient (Wildman–Crippen LogP) is 2.55. The number of nitrogens with zero attached hydrogens (tertiary/aromatic N) is 2. The van der Waals surface area contributed by atoms with Crippen LogP contribution in [-0.2, 0) is 11.2 Å². The van der Waals surface area contributed by atoms with E-state index in [1.54, 1.807) is 16.2 Å². The Kier molecular flexibility index (Phi) is 4.57. The van der Waals surface area contributed by atoms with E-state index in [0.717, 1.165) is 16.4 Å². The zero-order valence-electron chi connectivity index (χ0n) is 12.8. The fraction of sp³-hybridized carbons (Fsp3) is 0.312. The maximum Gasteiger partial charge on any atom is 0.321 e. The molecule has 0 atom stereocenters. The van der Waals surface area contributed by atoms with Crippen LogP contribution in [0.15, 0.2) is 29.6 Å². The zero-order valence-corrected chi connectivity index (χ0v) is 13.7. The van der Waals surface area contributed by atoms with Crippen molar-refractivity contribution in [2.45, 2.75) is 19.8 Å². The molecule has 3 amide bonds. The highest BCUT2D eigenvalue weighted by Crippen LogP contribution is 2.21. The van der Waals surface area contributed by atoms with E-state index in [1.807, 2.05) is 36.6 Å². The van der Waals surface area contributed by atoms with Crippen molar-refractivity contribution in [2.24, 2.45) is 0 Å². The first-order chi connectivity index (χ1) is 11.1. The highest BCUT2D eigenvalue weighted by Gasteiger charge is 2.21.